The molecule has 1 fully saturated rings. The van der Waals surface area contributed by atoms with E-state index in [1.165, 1.54) is 18.2 Å². The fourth-order valence-corrected chi connectivity index (χ4v) is 6.52. The minimum Gasteiger partial charge on any atom is -0.229 e. The molecule has 0 aliphatic carbocycles. The zero-order valence-corrected chi connectivity index (χ0v) is 13.6. The highest BCUT2D eigenvalue weighted by Gasteiger charge is 2.39. The lowest BCUT2D eigenvalue weighted by atomic mass is 10.2. The maximum absolute atomic E-state index is 12.2. The van der Waals surface area contributed by atoms with Gasteiger partial charge in [-0.05, 0) is 18.2 Å². The molecule has 114 valence electrons. The monoisotopic (exact) mass is 368 g/mol. The number of hydrogen-bond acceptors (Lipinski definition) is 5. The summed E-state index contributed by atoms with van der Waals surface area (Å²) in [5.74, 6) is -0.628. The number of halogens is 2. The molecule has 0 spiro atoms. The van der Waals surface area contributed by atoms with Crippen molar-refractivity contribution in [3.05, 3.63) is 28.8 Å². The minimum atomic E-state index is -4.02. The van der Waals surface area contributed by atoms with Crippen LogP contribution in [0.2, 0.25) is 5.02 Å². The molecule has 1 heterocycles. The molecule has 2 atom stereocenters. The largest absolute Gasteiger partial charge is 0.242 e. The van der Waals surface area contributed by atoms with Gasteiger partial charge in [-0.15, -0.1) is 11.6 Å². The summed E-state index contributed by atoms with van der Waals surface area (Å²) in [5, 5.41) is 7.77. The Morgan fingerprint density at radius 2 is 2.00 bits per heavy atom. The van der Waals surface area contributed by atoms with Gasteiger partial charge in [-0.25, -0.2) is 21.6 Å². The predicted octanol–water partition coefficient (Wildman–Crippen LogP) is 0.894. The van der Waals surface area contributed by atoms with E-state index in [-0.39, 0.29) is 27.0 Å². The van der Waals surface area contributed by atoms with Crippen LogP contribution in [0.5, 0.6) is 0 Å². The number of sulfonamides is 1. The van der Waals surface area contributed by atoms with E-state index in [2.05, 4.69) is 4.72 Å². The number of nitriles is 1. The van der Waals surface area contributed by atoms with E-state index in [0.717, 1.165) is 0 Å². The quantitative estimate of drug-likeness (QED) is 0.797. The van der Waals surface area contributed by atoms with Crippen LogP contribution < -0.4 is 4.72 Å². The maximum Gasteiger partial charge on any atom is 0.242 e. The van der Waals surface area contributed by atoms with Crippen molar-refractivity contribution < 1.29 is 16.8 Å². The highest BCUT2D eigenvalue weighted by atomic mass is 35.5. The molecule has 21 heavy (non-hydrogen) atoms. The number of alkyl halides is 1. The Morgan fingerprint density at radius 1 is 1.33 bits per heavy atom. The molecule has 0 amide bonds. The number of nitrogens with one attached hydrogen (secondary N) is 1. The van der Waals surface area contributed by atoms with Crippen LogP contribution in [0.25, 0.3) is 0 Å². The molecule has 10 heteroatoms. The number of rotatable bonds is 3. The molecule has 2 rings (SSSR count). The lowest BCUT2D eigenvalue weighted by Gasteiger charge is -2.15. The lowest BCUT2D eigenvalue weighted by Crippen LogP contribution is -2.40. The van der Waals surface area contributed by atoms with Gasteiger partial charge in [0.05, 0.1) is 39.6 Å². The average molecular weight is 369 g/mol. The molecule has 0 bridgehead atoms. The highest BCUT2D eigenvalue weighted by Crippen LogP contribution is 2.25. The van der Waals surface area contributed by atoms with Crippen molar-refractivity contribution in [1.82, 2.24) is 4.72 Å². The molecule has 1 aliphatic rings. The van der Waals surface area contributed by atoms with Crippen LogP contribution in [0.4, 0.5) is 0 Å². The number of nitrogens with zero attached hydrogens (tertiary/aromatic N) is 1. The Hall–Kier alpha value is -0.850. The molecule has 2 unspecified atom stereocenters. The van der Waals surface area contributed by atoms with Crippen LogP contribution in [0.15, 0.2) is 23.1 Å². The second kappa shape index (κ2) is 5.74. The van der Waals surface area contributed by atoms with Gasteiger partial charge < -0.3 is 0 Å². The van der Waals surface area contributed by atoms with Gasteiger partial charge in [0.15, 0.2) is 9.84 Å². The summed E-state index contributed by atoms with van der Waals surface area (Å²) in [4.78, 5) is -0.226. The molecule has 0 radical (unpaired) electrons. The fraction of sp³-hybridized carbons (Fsp3) is 0.364. The lowest BCUT2D eigenvalue weighted by molar-refractivity contribution is 0.563. The van der Waals surface area contributed by atoms with Crippen LogP contribution in [-0.4, -0.2) is 39.8 Å². The van der Waals surface area contributed by atoms with Crippen molar-refractivity contribution in [2.45, 2.75) is 16.3 Å². The van der Waals surface area contributed by atoms with Crippen LogP contribution >= 0.6 is 23.2 Å². The van der Waals surface area contributed by atoms with Gasteiger partial charge in [0.2, 0.25) is 10.0 Å². The van der Waals surface area contributed by atoms with Crippen molar-refractivity contribution in [3.8, 4) is 6.07 Å². The normalized spacial score (nSPS) is 24.6. The Bertz CT molecular complexity index is 815. The predicted molar refractivity (Wildman–Crippen MR) is 78.6 cm³/mol. The topological polar surface area (TPSA) is 104 Å². The molecule has 1 saturated heterocycles. The van der Waals surface area contributed by atoms with Crippen molar-refractivity contribution in [2.75, 3.05) is 11.5 Å². The van der Waals surface area contributed by atoms with E-state index in [0.29, 0.717) is 0 Å². The first-order valence-corrected chi connectivity index (χ1v) is 9.83. The molecule has 6 nitrogen and oxygen atoms in total. The third-order valence-electron chi connectivity index (χ3n) is 2.94. The minimum absolute atomic E-state index is 0.117. The standard InChI is InChI=1S/C11H10Cl2N2O4S2/c12-8-3-7(4-14)1-2-11(8)21(18,19)15-10-6-20(16,17)5-9(10)13/h1-3,9-10,15H,5-6H2. The van der Waals surface area contributed by atoms with Crippen molar-refractivity contribution in [3.63, 3.8) is 0 Å². The first-order chi connectivity index (χ1) is 9.64. The average Bonchev–Trinajstić information content (AvgIpc) is 2.60. The zero-order valence-electron chi connectivity index (χ0n) is 10.5. The van der Waals surface area contributed by atoms with Gasteiger partial charge in [0, 0.05) is 0 Å². The van der Waals surface area contributed by atoms with Gasteiger partial charge >= 0.3 is 0 Å². The van der Waals surface area contributed by atoms with E-state index in [4.69, 9.17) is 28.5 Å². The van der Waals surface area contributed by atoms with E-state index in [9.17, 15) is 16.8 Å². The molecule has 1 aromatic rings. The van der Waals surface area contributed by atoms with Crippen LogP contribution in [0, 0.1) is 11.3 Å². The molecule has 0 aromatic heterocycles. The fourth-order valence-electron chi connectivity index (χ4n) is 1.96. The summed E-state index contributed by atoms with van der Waals surface area (Å²) in [6, 6.07) is 4.65. The van der Waals surface area contributed by atoms with E-state index >= 15 is 0 Å². The molecular weight excluding hydrogens is 359 g/mol. The van der Waals surface area contributed by atoms with Crippen molar-refractivity contribution in [2.24, 2.45) is 0 Å². The van der Waals surface area contributed by atoms with Gasteiger partial charge in [-0.3, -0.25) is 0 Å². The summed E-state index contributed by atoms with van der Waals surface area (Å²) in [6.07, 6.45) is 0. The van der Waals surface area contributed by atoms with E-state index in [1.54, 1.807) is 0 Å². The number of benzene rings is 1. The SMILES string of the molecule is N#Cc1ccc(S(=O)(=O)NC2CS(=O)(=O)CC2Cl)c(Cl)c1. The molecule has 1 N–H and O–H groups in total. The van der Waals surface area contributed by atoms with E-state index in [1.807, 2.05) is 6.07 Å². The van der Waals surface area contributed by atoms with Crippen LogP contribution in [0.1, 0.15) is 5.56 Å². The van der Waals surface area contributed by atoms with Gasteiger partial charge in [-0.2, -0.15) is 5.26 Å². The Labute approximate surface area is 132 Å². The molecule has 1 aromatic carbocycles. The van der Waals surface area contributed by atoms with Crippen molar-refractivity contribution >= 4 is 43.1 Å². The number of hydrogen-bond donors (Lipinski definition) is 1. The summed E-state index contributed by atoms with van der Waals surface area (Å²) in [6.45, 7) is 0. The zero-order chi connectivity index (χ0) is 15.8. The van der Waals surface area contributed by atoms with Crippen molar-refractivity contribution in [1.29, 1.82) is 5.26 Å². The van der Waals surface area contributed by atoms with Crippen LogP contribution in [-0.2, 0) is 19.9 Å². The summed E-state index contributed by atoms with van der Waals surface area (Å²) >= 11 is 11.7. The second-order valence-corrected chi connectivity index (χ2v) is 9.38. The van der Waals surface area contributed by atoms with Gasteiger partial charge in [-0.1, -0.05) is 11.6 Å². The maximum atomic E-state index is 12.2. The number of sulfone groups is 1. The first-order valence-electron chi connectivity index (χ1n) is 5.71. The van der Waals surface area contributed by atoms with E-state index < -0.39 is 31.3 Å². The summed E-state index contributed by atoms with van der Waals surface area (Å²) < 4.78 is 49.6. The molecule has 0 saturated carbocycles. The first kappa shape index (κ1) is 16.5. The highest BCUT2D eigenvalue weighted by molar-refractivity contribution is 7.92. The molecule has 1 aliphatic heterocycles. The Kier molecular flexibility index (Phi) is 4.52. The smallest absolute Gasteiger partial charge is 0.229 e. The van der Waals surface area contributed by atoms with Gasteiger partial charge in [0.1, 0.15) is 4.90 Å². The third-order valence-corrected chi connectivity index (χ3v) is 7.29. The van der Waals surface area contributed by atoms with Crippen LogP contribution in [0.3, 0.4) is 0 Å². The third kappa shape index (κ3) is 3.67. The van der Waals surface area contributed by atoms with Gasteiger partial charge in [0.25, 0.3) is 0 Å². The summed E-state index contributed by atoms with van der Waals surface area (Å²) in [5.41, 5.74) is 0.220. The second-order valence-electron chi connectivity index (χ2n) is 4.58. The summed E-state index contributed by atoms with van der Waals surface area (Å²) in [7, 11) is -7.38. The molecular formula is C11H10Cl2N2O4S2. The Morgan fingerprint density at radius 3 is 2.48 bits per heavy atom. The Balaban J connectivity index is 2.30.